The maximum atomic E-state index is 10.7. The first-order chi connectivity index (χ1) is 16.4. The molecule has 0 saturated carbocycles. The van der Waals surface area contributed by atoms with Crippen LogP contribution in [0.5, 0.6) is 0 Å². The van der Waals surface area contributed by atoms with Gasteiger partial charge < -0.3 is 10.2 Å². The number of unbranched alkanes of at least 4 members (excludes halogenated alkanes) is 17. The summed E-state index contributed by atoms with van der Waals surface area (Å²) in [6, 6.07) is 0. The summed E-state index contributed by atoms with van der Waals surface area (Å²) in [5, 5.41) is 19.2. The van der Waals surface area contributed by atoms with Crippen LogP contribution in [0.1, 0.15) is 170 Å². The van der Waals surface area contributed by atoms with Gasteiger partial charge in [-0.15, -0.1) is 0 Å². The molecule has 4 heteroatoms. The van der Waals surface area contributed by atoms with Crippen molar-refractivity contribution in [3.8, 4) is 0 Å². The molecule has 0 aliphatic carbocycles. The predicted octanol–water partition coefficient (Wildman–Crippen LogP) is 9.73. The average Bonchev–Trinajstić information content (AvgIpc) is 2.83. The Balaban J connectivity index is -0.000000559. The summed E-state index contributed by atoms with van der Waals surface area (Å²) in [7, 11) is 0. The van der Waals surface area contributed by atoms with Crippen molar-refractivity contribution in [2.45, 2.75) is 176 Å². The van der Waals surface area contributed by atoms with Crippen molar-refractivity contribution in [1.82, 2.24) is 0 Å². The molecule has 0 bridgehead atoms. The molecule has 0 aliphatic rings. The Kier molecular flexibility index (Phi) is 36.1. The van der Waals surface area contributed by atoms with Gasteiger partial charge in [-0.2, -0.15) is 0 Å². The van der Waals surface area contributed by atoms with Gasteiger partial charge in [0.1, 0.15) is 0 Å². The van der Waals surface area contributed by atoms with Crippen molar-refractivity contribution >= 4 is 0 Å². The zero-order valence-corrected chi connectivity index (χ0v) is 25.9. The molecule has 0 aliphatic heterocycles. The van der Waals surface area contributed by atoms with Crippen molar-refractivity contribution in [2.24, 2.45) is 11.8 Å². The minimum atomic E-state index is -0.457. The molecule has 0 saturated heterocycles. The van der Waals surface area contributed by atoms with Crippen molar-refractivity contribution in [2.75, 3.05) is 6.61 Å². The van der Waals surface area contributed by atoms with Gasteiger partial charge >= 0.3 is 23.7 Å². The van der Waals surface area contributed by atoms with Gasteiger partial charge in [-0.1, -0.05) is 157 Å². The Morgan fingerprint density at radius 2 is 0.794 bits per heavy atom. The second kappa shape index (κ2) is 31.5. The van der Waals surface area contributed by atoms with Crippen LogP contribution in [0.4, 0.5) is 0 Å². The molecular formula is C30H64O3Ti. The molecule has 0 aromatic heterocycles. The third kappa shape index (κ3) is 27.0. The molecule has 0 radical (unpaired) electrons. The molecule has 0 fully saturated rings. The Hall–Kier alpha value is 0.434. The molecule has 0 aromatic carbocycles. The molecule has 0 unspecified atom stereocenters. The van der Waals surface area contributed by atoms with Crippen LogP contribution in [0.3, 0.4) is 0 Å². The van der Waals surface area contributed by atoms with E-state index in [0.717, 1.165) is 33.2 Å². The van der Waals surface area contributed by atoms with Crippen molar-refractivity contribution in [3.63, 3.8) is 0 Å². The summed E-state index contributed by atoms with van der Waals surface area (Å²) >= 11 is 0.750. The van der Waals surface area contributed by atoms with Crippen LogP contribution < -0.4 is 0 Å². The van der Waals surface area contributed by atoms with E-state index in [1.54, 1.807) is 0 Å². The van der Waals surface area contributed by atoms with Gasteiger partial charge in [0.25, 0.3) is 0 Å². The van der Waals surface area contributed by atoms with Gasteiger partial charge in [-0.05, 0) is 24.7 Å². The minimum absolute atomic E-state index is 0.363. The summed E-state index contributed by atoms with van der Waals surface area (Å²) in [6.45, 7) is 13.5. The first-order valence-corrected chi connectivity index (χ1v) is 15.5. The summed E-state index contributed by atoms with van der Waals surface area (Å²) in [6.07, 6.45) is 26.4. The number of rotatable bonds is 22. The molecule has 0 atom stereocenters. The van der Waals surface area contributed by atoms with E-state index in [1.165, 1.54) is 116 Å². The zero-order valence-electron chi connectivity index (χ0n) is 24.3. The second-order valence-electron chi connectivity index (χ2n) is 10.8. The normalized spacial score (nSPS) is 11.2. The van der Waals surface area contributed by atoms with E-state index in [0.29, 0.717) is 18.4 Å². The number of hydrogen-bond acceptors (Lipinski definition) is 3. The predicted molar refractivity (Wildman–Crippen MR) is 146 cm³/mol. The molecule has 0 rings (SSSR count). The van der Waals surface area contributed by atoms with E-state index < -0.39 is 5.60 Å². The molecule has 34 heavy (non-hydrogen) atoms. The van der Waals surface area contributed by atoms with E-state index in [1.807, 2.05) is 0 Å². The third-order valence-electron chi connectivity index (χ3n) is 7.19. The van der Waals surface area contributed by atoms with Gasteiger partial charge in [0, 0.05) is 6.61 Å². The van der Waals surface area contributed by atoms with E-state index >= 15 is 0 Å². The van der Waals surface area contributed by atoms with E-state index in [4.69, 9.17) is 8.43 Å². The van der Waals surface area contributed by atoms with Gasteiger partial charge in [-0.3, -0.25) is 0 Å². The van der Waals surface area contributed by atoms with Crippen LogP contribution in [0, 0.1) is 11.8 Å². The number of aliphatic hydroxyl groups excluding tert-OH is 1. The van der Waals surface area contributed by atoms with Gasteiger partial charge in [0.05, 0.1) is 5.60 Å². The third-order valence-corrected chi connectivity index (χ3v) is 7.19. The summed E-state index contributed by atoms with van der Waals surface area (Å²) in [5.41, 5.74) is -0.457. The fraction of sp³-hybridized carbons (Fsp3) is 1.00. The molecular weight excluding hydrogens is 456 g/mol. The Labute approximate surface area is 227 Å². The Morgan fingerprint density at radius 3 is 1.06 bits per heavy atom. The molecule has 2 N–H and O–H groups in total. The molecule has 0 aromatic rings. The van der Waals surface area contributed by atoms with Crippen molar-refractivity contribution in [1.29, 1.82) is 0 Å². The van der Waals surface area contributed by atoms with Crippen LogP contribution >= 0.6 is 0 Å². The molecule has 0 heterocycles. The summed E-state index contributed by atoms with van der Waals surface area (Å²) in [4.78, 5) is 0. The standard InChI is InChI=1S/C18H38O.C12H26O.O.Ti/c1-6-7-8-9-10-11-12-13-14-15-18(19,16(2)3)17(4)5;1-2-3-4-5-6-7-8-9-10-11-12-13;;/h16-17,19H,6-15H2,1-5H3;13H,2-12H2,1H3;;. The Bertz CT molecular complexity index is 343. The zero-order chi connectivity index (χ0) is 26.5. The fourth-order valence-electron chi connectivity index (χ4n) is 4.56. The molecule has 206 valence electrons. The van der Waals surface area contributed by atoms with Crippen LogP contribution in [0.15, 0.2) is 0 Å². The van der Waals surface area contributed by atoms with E-state index in [-0.39, 0.29) is 0 Å². The van der Waals surface area contributed by atoms with Gasteiger partial charge in [0.2, 0.25) is 0 Å². The Morgan fingerprint density at radius 1 is 0.529 bits per heavy atom. The fourth-order valence-corrected chi connectivity index (χ4v) is 4.56. The SMILES string of the molecule is CCCCCCCCCCCC(O)(C(C)C)C(C)C.CCCCCCCCCCCCO.[O]=[Ti]. The number of hydrogen-bond donors (Lipinski definition) is 2. The van der Waals surface area contributed by atoms with Gasteiger partial charge in [-0.25, -0.2) is 0 Å². The average molecular weight is 521 g/mol. The van der Waals surface area contributed by atoms with Crippen LogP contribution in [-0.2, 0) is 23.7 Å². The number of aliphatic hydroxyl groups is 2. The monoisotopic (exact) mass is 520 g/mol. The first kappa shape index (κ1) is 39.0. The van der Waals surface area contributed by atoms with Crippen LogP contribution in [-0.4, -0.2) is 22.4 Å². The molecule has 3 nitrogen and oxygen atoms in total. The van der Waals surface area contributed by atoms with Gasteiger partial charge in [0.15, 0.2) is 0 Å². The quantitative estimate of drug-likeness (QED) is 0.110. The van der Waals surface area contributed by atoms with Crippen LogP contribution in [0.2, 0.25) is 0 Å². The second-order valence-corrected chi connectivity index (χ2v) is 10.8. The summed E-state index contributed by atoms with van der Waals surface area (Å²) in [5.74, 6) is 0.725. The van der Waals surface area contributed by atoms with Crippen molar-refractivity contribution < 1.29 is 33.9 Å². The van der Waals surface area contributed by atoms with E-state index in [2.05, 4.69) is 41.5 Å². The summed E-state index contributed by atoms with van der Waals surface area (Å²) < 4.78 is 8.25. The topological polar surface area (TPSA) is 57.5 Å². The van der Waals surface area contributed by atoms with E-state index in [9.17, 15) is 5.11 Å². The maximum absolute atomic E-state index is 10.7. The van der Waals surface area contributed by atoms with Crippen LogP contribution in [0.25, 0.3) is 0 Å². The van der Waals surface area contributed by atoms with Crippen molar-refractivity contribution in [3.05, 3.63) is 0 Å². The molecule has 0 amide bonds. The molecule has 0 spiro atoms. The first-order valence-electron chi connectivity index (χ1n) is 14.9.